The van der Waals surface area contributed by atoms with Crippen LogP contribution in [0.3, 0.4) is 0 Å². The lowest BCUT2D eigenvalue weighted by atomic mass is 10.1. The Morgan fingerprint density at radius 3 is 2.28 bits per heavy atom. The van der Waals surface area contributed by atoms with E-state index in [1.807, 2.05) is 41.8 Å². The standard InChI is InChI=1S/C19H13ClN2OS2/c1-23-17-8-7-13(20)9-14(17)16-11-25-19(22-16)18-21-15(10-24-18)12-5-3-2-4-6-12/h2-11H,1H3. The number of aromatic nitrogens is 2. The summed E-state index contributed by atoms with van der Waals surface area (Å²) in [7, 11) is 1.65. The largest absolute Gasteiger partial charge is 0.496 e. The van der Waals surface area contributed by atoms with Gasteiger partial charge in [-0.2, -0.15) is 0 Å². The SMILES string of the molecule is COc1ccc(Cl)cc1-c1csc(-c2nc(-c3ccccc3)cs2)n1. The smallest absolute Gasteiger partial charge is 0.152 e. The van der Waals surface area contributed by atoms with Crippen LogP contribution >= 0.6 is 34.3 Å². The minimum Gasteiger partial charge on any atom is -0.496 e. The lowest BCUT2D eigenvalue weighted by Crippen LogP contribution is -1.88. The molecule has 0 saturated heterocycles. The molecule has 3 nitrogen and oxygen atoms in total. The van der Waals surface area contributed by atoms with Crippen LogP contribution in [0.2, 0.25) is 5.02 Å². The topological polar surface area (TPSA) is 35.0 Å². The Morgan fingerprint density at radius 2 is 1.56 bits per heavy atom. The zero-order valence-corrected chi connectivity index (χ0v) is 15.7. The number of hydrogen-bond donors (Lipinski definition) is 0. The summed E-state index contributed by atoms with van der Waals surface area (Å²) in [6.45, 7) is 0. The molecule has 4 aromatic rings. The van der Waals surface area contributed by atoms with Crippen LogP contribution in [0.25, 0.3) is 32.5 Å². The van der Waals surface area contributed by atoms with E-state index in [4.69, 9.17) is 26.3 Å². The summed E-state index contributed by atoms with van der Waals surface area (Å²) < 4.78 is 5.42. The van der Waals surface area contributed by atoms with Gasteiger partial charge in [0, 0.05) is 26.9 Å². The van der Waals surface area contributed by atoms with Gasteiger partial charge in [0.25, 0.3) is 0 Å². The highest BCUT2D eigenvalue weighted by Gasteiger charge is 2.14. The van der Waals surface area contributed by atoms with Crippen molar-refractivity contribution >= 4 is 34.3 Å². The van der Waals surface area contributed by atoms with Crippen molar-refractivity contribution in [2.24, 2.45) is 0 Å². The molecule has 0 N–H and O–H groups in total. The molecule has 124 valence electrons. The monoisotopic (exact) mass is 384 g/mol. The van der Waals surface area contributed by atoms with Gasteiger partial charge < -0.3 is 4.74 Å². The van der Waals surface area contributed by atoms with Gasteiger partial charge in [0.1, 0.15) is 5.75 Å². The first kappa shape index (κ1) is 16.3. The summed E-state index contributed by atoms with van der Waals surface area (Å²) in [6.07, 6.45) is 0. The average Bonchev–Trinajstić information content (AvgIpc) is 3.32. The average molecular weight is 385 g/mol. The Kier molecular flexibility index (Phi) is 4.53. The van der Waals surface area contributed by atoms with Crippen molar-refractivity contribution < 1.29 is 4.74 Å². The van der Waals surface area contributed by atoms with Crippen LogP contribution in [-0.2, 0) is 0 Å². The summed E-state index contributed by atoms with van der Waals surface area (Å²) in [5.74, 6) is 0.755. The third-order valence-electron chi connectivity index (χ3n) is 3.70. The first-order valence-electron chi connectivity index (χ1n) is 7.55. The molecular formula is C19H13ClN2OS2. The highest BCUT2D eigenvalue weighted by Crippen LogP contribution is 2.37. The number of methoxy groups -OCH3 is 1. The second-order valence-corrected chi connectivity index (χ2v) is 7.44. The third kappa shape index (κ3) is 3.31. The van der Waals surface area contributed by atoms with Crippen molar-refractivity contribution in [3.8, 4) is 38.3 Å². The fourth-order valence-electron chi connectivity index (χ4n) is 2.49. The van der Waals surface area contributed by atoms with Crippen LogP contribution in [0.4, 0.5) is 0 Å². The maximum atomic E-state index is 6.13. The first-order chi connectivity index (χ1) is 12.2. The molecule has 25 heavy (non-hydrogen) atoms. The molecule has 2 aromatic carbocycles. The predicted octanol–water partition coefficient (Wildman–Crippen LogP) is 6.26. The lowest BCUT2D eigenvalue weighted by Gasteiger charge is -2.06. The van der Waals surface area contributed by atoms with E-state index < -0.39 is 0 Å². The second-order valence-electron chi connectivity index (χ2n) is 5.29. The molecule has 0 aliphatic heterocycles. The van der Waals surface area contributed by atoms with Gasteiger partial charge in [-0.1, -0.05) is 41.9 Å². The van der Waals surface area contributed by atoms with E-state index in [1.54, 1.807) is 29.8 Å². The van der Waals surface area contributed by atoms with E-state index >= 15 is 0 Å². The van der Waals surface area contributed by atoms with Gasteiger partial charge in [-0.05, 0) is 18.2 Å². The molecule has 0 radical (unpaired) electrons. The summed E-state index contributed by atoms with van der Waals surface area (Å²) in [5.41, 5.74) is 3.81. The fourth-order valence-corrected chi connectivity index (χ4v) is 4.36. The molecule has 0 unspecified atom stereocenters. The summed E-state index contributed by atoms with van der Waals surface area (Å²) in [5, 5.41) is 6.53. The normalized spacial score (nSPS) is 10.8. The molecule has 0 amide bonds. The third-order valence-corrected chi connectivity index (χ3v) is 5.76. The number of thiazole rings is 2. The van der Waals surface area contributed by atoms with Crippen molar-refractivity contribution in [1.29, 1.82) is 0 Å². The first-order valence-corrected chi connectivity index (χ1v) is 9.69. The summed E-state index contributed by atoms with van der Waals surface area (Å²) in [4.78, 5) is 9.46. The van der Waals surface area contributed by atoms with E-state index in [2.05, 4.69) is 17.5 Å². The van der Waals surface area contributed by atoms with Crippen molar-refractivity contribution in [3.05, 3.63) is 64.3 Å². The van der Waals surface area contributed by atoms with Crippen LogP contribution in [0, 0.1) is 0 Å². The second kappa shape index (κ2) is 6.96. The van der Waals surface area contributed by atoms with E-state index in [9.17, 15) is 0 Å². The maximum absolute atomic E-state index is 6.13. The Bertz CT molecular complexity index is 1010. The highest BCUT2D eigenvalue weighted by molar-refractivity contribution is 7.20. The van der Waals surface area contributed by atoms with Gasteiger partial charge in [-0.15, -0.1) is 22.7 Å². The number of halogens is 1. The molecule has 2 heterocycles. The van der Waals surface area contributed by atoms with Crippen LogP contribution in [0.1, 0.15) is 0 Å². The Hall–Kier alpha value is -2.21. The molecular weight excluding hydrogens is 372 g/mol. The van der Waals surface area contributed by atoms with E-state index in [0.717, 1.165) is 38.3 Å². The van der Waals surface area contributed by atoms with Crippen molar-refractivity contribution in [2.75, 3.05) is 7.11 Å². The Morgan fingerprint density at radius 1 is 0.880 bits per heavy atom. The molecule has 0 aliphatic carbocycles. The molecule has 2 aromatic heterocycles. The molecule has 0 saturated carbocycles. The molecule has 0 spiro atoms. The molecule has 6 heteroatoms. The van der Waals surface area contributed by atoms with Crippen LogP contribution in [0.5, 0.6) is 5.75 Å². The molecule has 0 aliphatic rings. The molecule has 0 bridgehead atoms. The van der Waals surface area contributed by atoms with E-state index in [0.29, 0.717) is 5.02 Å². The number of hydrogen-bond acceptors (Lipinski definition) is 5. The van der Waals surface area contributed by atoms with Crippen molar-refractivity contribution in [1.82, 2.24) is 9.97 Å². The molecule has 4 rings (SSSR count). The van der Waals surface area contributed by atoms with Crippen molar-refractivity contribution in [3.63, 3.8) is 0 Å². The van der Waals surface area contributed by atoms with Crippen LogP contribution in [-0.4, -0.2) is 17.1 Å². The quantitative estimate of drug-likeness (QED) is 0.416. The van der Waals surface area contributed by atoms with Gasteiger partial charge in [0.2, 0.25) is 0 Å². The summed E-state index contributed by atoms with van der Waals surface area (Å²) in [6, 6.07) is 15.7. The number of ether oxygens (including phenoxy) is 1. The zero-order valence-electron chi connectivity index (χ0n) is 13.3. The highest BCUT2D eigenvalue weighted by atomic mass is 35.5. The van der Waals surface area contributed by atoms with Gasteiger partial charge in [0.15, 0.2) is 10.0 Å². The Balaban J connectivity index is 1.69. The van der Waals surface area contributed by atoms with E-state index in [1.165, 1.54) is 0 Å². The zero-order chi connectivity index (χ0) is 17.2. The number of rotatable bonds is 4. The molecule has 0 fully saturated rings. The number of nitrogens with zero attached hydrogens (tertiary/aromatic N) is 2. The minimum atomic E-state index is 0.658. The van der Waals surface area contributed by atoms with Crippen LogP contribution < -0.4 is 4.74 Å². The number of benzene rings is 2. The molecule has 0 atom stereocenters. The van der Waals surface area contributed by atoms with Gasteiger partial charge >= 0.3 is 0 Å². The lowest BCUT2D eigenvalue weighted by molar-refractivity contribution is 0.416. The van der Waals surface area contributed by atoms with Gasteiger partial charge in [0.05, 0.1) is 18.5 Å². The summed E-state index contributed by atoms with van der Waals surface area (Å²) >= 11 is 9.30. The fraction of sp³-hybridized carbons (Fsp3) is 0.0526. The van der Waals surface area contributed by atoms with Gasteiger partial charge in [-0.25, -0.2) is 9.97 Å². The van der Waals surface area contributed by atoms with Crippen LogP contribution in [0.15, 0.2) is 59.3 Å². The van der Waals surface area contributed by atoms with E-state index in [-0.39, 0.29) is 0 Å². The van der Waals surface area contributed by atoms with Crippen molar-refractivity contribution in [2.45, 2.75) is 0 Å². The predicted molar refractivity (Wildman–Crippen MR) is 106 cm³/mol. The maximum Gasteiger partial charge on any atom is 0.152 e. The minimum absolute atomic E-state index is 0.658. The Labute approximate surface area is 158 Å². The van der Waals surface area contributed by atoms with Gasteiger partial charge in [-0.3, -0.25) is 0 Å².